The van der Waals surface area contributed by atoms with E-state index in [0.29, 0.717) is 24.8 Å². The molecule has 0 aromatic heterocycles. The zero-order chi connectivity index (χ0) is 15.0. The first kappa shape index (κ1) is 16.9. The molecule has 0 fully saturated rings. The van der Waals surface area contributed by atoms with Crippen LogP contribution in [0.3, 0.4) is 0 Å². The van der Waals surface area contributed by atoms with Crippen molar-refractivity contribution >= 4 is 16.8 Å². The first-order valence-electron chi connectivity index (χ1n) is 6.70. The summed E-state index contributed by atoms with van der Waals surface area (Å²) in [5.74, 6) is 0.477. The van der Waals surface area contributed by atoms with Crippen molar-refractivity contribution in [2.24, 2.45) is 0 Å². The summed E-state index contributed by atoms with van der Waals surface area (Å²) in [7, 11) is 0.650. The van der Waals surface area contributed by atoms with Gasteiger partial charge in [-0.05, 0) is 24.5 Å². The topological polar surface area (TPSA) is 55.4 Å². The molecule has 20 heavy (non-hydrogen) atoms. The fourth-order valence-corrected chi connectivity index (χ4v) is 2.54. The zero-order valence-corrected chi connectivity index (χ0v) is 13.2. The van der Waals surface area contributed by atoms with Gasteiger partial charge >= 0.3 is 5.97 Å². The first-order valence-corrected chi connectivity index (χ1v) is 8.42. The molecule has 0 saturated heterocycles. The van der Waals surface area contributed by atoms with Gasteiger partial charge in [0.05, 0.1) is 13.5 Å². The number of ether oxygens (including phenoxy) is 1. The van der Waals surface area contributed by atoms with Crippen molar-refractivity contribution in [2.45, 2.75) is 32.4 Å². The van der Waals surface area contributed by atoms with Crippen molar-refractivity contribution in [3.8, 4) is 0 Å². The maximum absolute atomic E-state index is 11.4. The summed E-state index contributed by atoms with van der Waals surface area (Å²) in [6, 6.07) is 8.13. The molecule has 0 aliphatic carbocycles. The van der Waals surface area contributed by atoms with E-state index in [4.69, 9.17) is 4.74 Å². The molecule has 0 heterocycles. The molecule has 0 spiro atoms. The predicted molar refractivity (Wildman–Crippen MR) is 82.0 cm³/mol. The van der Waals surface area contributed by atoms with E-state index in [0.717, 1.165) is 17.5 Å². The lowest BCUT2D eigenvalue weighted by Gasteiger charge is -2.15. The van der Waals surface area contributed by atoms with Crippen molar-refractivity contribution in [1.82, 2.24) is 5.32 Å². The van der Waals surface area contributed by atoms with Gasteiger partial charge in [0.15, 0.2) is 0 Å². The van der Waals surface area contributed by atoms with Crippen LogP contribution in [0.25, 0.3) is 0 Å². The van der Waals surface area contributed by atoms with E-state index in [2.05, 4.69) is 12.2 Å². The molecule has 1 N–H and O–H groups in total. The van der Waals surface area contributed by atoms with Crippen LogP contribution in [-0.4, -0.2) is 35.3 Å². The van der Waals surface area contributed by atoms with Gasteiger partial charge in [0.1, 0.15) is 0 Å². The minimum Gasteiger partial charge on any atom is -0.469 e. The van der Waals surface area contributed by atoms with Crippen LogP contribution < -0.4 is 5.32 Å². The highest BCUT2D eigenvalue weighted by atomic mass is 32.2. The Morgan fingerprint density at radius 1 is 1.35 bits per heavy atom. The summed E-state index contributed by atoms with van der Waals surface area (Å²) in [6.07, 6.45) is 2.89. The minimum atomic E-state index is -0.749. The van der Waals surface area contributed by atoms with Gasteiger partial charge < -0.3 is 10.1 Å². The van der Waals surface area contributed by atoms with Gasteiger partial charge in [0.25, 0.3) is 0 Å². The maximum Gasteiger partial charge on any atom is 0.309 e. The number of rotatable bonds is 8. The number of carbonyl (C=O) groups is 1. The van der Waals surface area contributed by atoms with Crippen molar-refractivity contribution in [1.29, 1.82) is 0 Å². The Hall–Kier alpha value is -1.20. The summed E-state index contributed by atoms with van der Waals surface area (Å²) in [5.41, 5.74) is 2.08. The Labute approximate surface area is 123 Å². The molecule has 1 rings (SSSR count). The average Bonchev–Trinajstić information content (AvgIpc) is 2.44. The molecular formula is C15H23NO3S. The third kappa shape index (κ3) is 6.30. The van der Waals surface area contributed by atoms with Crippen LogP contribution in [0.15, 0.2) is 24.3 Å². The first-order chi connectivity index (χ1) is 9.52. The molecule has 0 aliphatic rings. The van der Waals surface area contributed by atoms with E-state index in [9.17, 15) is 9.00 Å². The van der Waals surface area contributed by atoms with E-state index in [-0.39, 0.29) is 5.97 Å². The fraction of sp³-hybridized carbons (Fsp3) is 0.533. The molecule has 0 saturated carbocycles. The predicted octanol–water partition coefficient (Wildman–Crippen LogP) is 1.65. The summed E-state index contributed by atoms with van der Waals surface area (Å²) in [6.45, 7) is 2.78. The minimum absolute atomic E-state index is 0.230. The fourth-order valence-electron chi connectivity index (χ4n) is 1.86. The van der Waals surface area contributed by atoms with E-state index in [1.54, 1.807) is 6.26 Å². The number of hydrogen-bond donors (Lipinski definition) is 1. The summed E-state index contributed by atoms with van der Waals surface area (Å²) < 4.78 is 15.8. The van der Waals surface area contributed by atoms with E-state index in [1.165, 1.54) is 7.11 Å². The SMILES string of the molecule is COC(=O)Cc1ccccc1CNC(C)CCS(C)=O. The Morgan fingerprint density at radius 3 is 2.60 bits per heavy atom. The van der Waals surface area contributed by atoms with Crippen molar-refractivity contribution in [3.05, 3.63) is 35.4 Å². The maximum atomic E-state index is 11.4. The molecule has 0 amide bonds. The highest BCUT2D eigenvalue weighted by molar-refractivity contribution is 7.84. The molecule has 0 aliphatic heterocycles. The molecule has 1 aromatic carbocycles. The van der Waals surface area contributed by atoms with Crippen LogP contribution in [0.2, 0.25) is 0 Å². The Kier molecular flexibility index (Phi) is 7.47. The Bertz CT molecular complexity index is 462. The largest absolute Gasteiger partial charge is 0.469 e. The molecule has 2 atom stereocenters. The van der Waals surface area contributed by atoms with Crippen LogP contribution in [-0.2, 0) is 33.3 Å². The smallest absolute Gasteiger partial charge is 0.309 e. The van der Waals surface area contributed by atoms with E-state index >= 15 is 0 Å². The molecule has 2 unspecified atom stereocenters. The normalized spacial score (nSPS) is 13.8. The Morgan fingerprint density at radius 2 is 2.00 bits per heavy atom. The summed E-state index contributed by atoms with van der Waals surface area (Å²) >= 11 is 0. The highest BCUT2D eigenvalue weighted by Gasteiger charge is 2.09. The summed E-state index contributed by atoms with van der Waals surface area (Å²) in [5, 5.41) is 3.40. The van der Waals surface area contributed by atoms with Gasteiger partial charge in [-0.3, -0.25) is 9.00 Å². The number of benzene rings is 1. The second kappa shape index (κ2) is 8.87. The number of hydrogen-bond acceptors (Lipinski definition) is 4. The van der Waals surface area contributed by atoms with Gasteiger partial charge in [-0.1, -0.05) is 24.3 Å². The lowest BCUT2D eigenvalue weighted by Crippen LogP contribution is -2.27. The van der Waals surface area contributed by atoms with E-state index in [1.807, 2.05) is 24.3 Å². The number of carbonyl (C=O) groups excluding carboxylic acids is 1. The van der Waals surface area contributed by atoms with Crippen LogP contribution in [0.4, 0.5) is 0 Å². The quantitative estimate of drug-likeness (QED) is 0.741. The van der Waals surface area contributed by atoms with Crippen LogP contribution in [0, 0.1) is 0 Å². The number of methoxy groups -OCH3 is 1. The molecular weight excluding hydrogens is 274 g/mol. The molecule has 4 nitrogen and oxygen atoms in total. The average molecular weight is 297 g/mol. The highest BCUT2D eigenvalue weighted by Crippen LogP contribution is 2.10. The van der Waals surface area contributed by atoms with Gasteiger partial charge in [0, 0.05) is 35.4 Å². The van der Waals surface area contributed by atoms with Crippen LogP contribution >= 0.6 is 0 Å². The number of nitrogens with one attached hydrogen (secondary N) is 1. The third-order valence-electron chi connectivity index (χ3n) is 3.16. The van der Waals surface area contributed by atoms with Crippen LogP contribution in [0.5, 0.6) is 0 Å². The lowest BCUT2D eigenvalue weighted by molar-refractivity contribution is -0.139. The molecule has 0 radical (unpaired) electrons. The molecule has 1 aromatic rings. The van der Waals surface area contributed by atoms with Crippen molar-refractivity contribution in [3.63, 3.8) is 0 Å². The van der Waals surface area contributed by atoms with Crippen molar-refractivity contribution < 1.29 is 13.7 Å². The monoisotopic (exact) mass is 297 g/mol. The molecule has 5 heteroatoms. The Balaban J connectivity index is 2.54. The standard InChI is InChI=1S/C15H23NO3S/c1-12(8-9-20(3)18)16-11-14-7-5-4-6-13(14)10-15(17)19-2/h4-7,12,16H,8-11H2,1-3H3. The molecule has 112 valence electrons. The zero-order valence-electron chi connectivity index (χ0n) is 12.3. The van der Waals surface area contributed by atoms with Gasteiger partial charge in [-0.15, -0.1) is 0 Å². The third-order valence-corrected chi connectivity index (χ3v) is 3.97. The lowest BCUT2D eigenvalue weighted by atomic mass is 10.0. The van der Waals surface area contributed by atoms with Gasteiger partial charge in [-0.2, -0.15) is 0 Å². The number of esters is 1. The van der Waals surface area contributed by atoms with Gasteiger partial charge in [-0.25, -0.2) is 0 Å². The van der Waals surface area contributed by atoms with Gasteiger partial charge in [0.2, 0.25) is 0 Å². The summed E-state index contributed by atoms with van der Waals surface area (Å²) in [4.78, 5) is 11.4. The molecule has 0 bridgehead atoms. The van der Waals surface area contributed by atoms with E-state index < -0.39 is 10.8 Å². The van der Waals surface area contributed by atoms with Crippen molar-refractivity contribution in [2.75, 3.05) is 19.1 Å². The second-order valence-corrected chi connectivity index (χ2v) is 6.42. The van der Waals surface area contributed by atoms with Crippen LogP contribution in [0.1, 0.15) is 24.5 Å². The second-order valence-electron chi connectivity index (χ2n) is 4.87.